The van der Waals surface area contributed by atoms with Crippen LogP contribution in [0.3, 0.4) is 0 Å². The summed E-state index contributed by atoms with van der Waals surface area (Å²) < 4.78 is 1.64. The normalized spacial score (nSPS) is 28.7. The molecular weight excluding hydrogens is 146 g/mol. The van der Waals surface area contributed by atoms with Gasteiger partial charge in [-0.05, 0) is 18.9 Å². The highest BCUT2D eigenvalue weighted by molar-refractivity contribution is 7.77. The molecule has 2 rings (SSSR count). The Labute approximate surface area is 64.7 Å². The minimum atomic E-state index is 0.363. The molecule has 0 saturated carbocycles. The first-order valence-electron chi connectivity index (χ1n) is 3.11. The fraction of sp³-hybridized carbons (Fsp3) is 0.333. The Morgan fingerprint density at radius 3 is 3.40 bits per heavy atom. The summed E-state index contributed by atoms with van der Waals surface area (Å²) >= 11 is 4.10. The van der Waals surface area contributed by atoms with Crippen molar-refractivity contribution in [1.82, 2.24) is 4.41 Å². The van der Waals surface area contributed by atoms with E-state index in [1.54, 1.807) is 10.6 Å². The van der Waals surface area contributed by atoms with E-state index < -0.39 is 0 Å². The second-order valence-electron chi connectivity index (χ2n) is 2.30. The Balaban J connectivity index is 2.29. The van der Waals surface area contributed by atoms with Gasteiger partial charge < -0.3 is 0 Å². The molecule has 0 N–H and O–H groups in total. The van der Waals surface area contributed by atoms with Crippen molar-refractivity contribution >= 4 is 24.7 Å². The maximum absolute atomic E-state index is 4.15. The van der Waals surface area contributed by atoms with E-state index >= 15 is 0 Å². The number of hydrogen-bond acceptors (Lipinski definition) is 4. The predicted octanol–water partition coefficient (Wildman–Crippen LogP) is 0.717. The molecule has 0 aliphatic carbocycles. The largest absolute Gasteiger partial charge is 0.268 e. The van der Waals surface area contributed by atoms with Gasteiger partial charge in [0, 0.05) is 12.4 Å². The molecular formula is C6H7N3S. The minimum Gasteiger partial charge on any atom is -0.268 e. The zero-order chi connectivity index (χ0) is 6.97. The van der Waals surface area contributed by atoms with E-state index in [-0.39, 0.29) is 0 Å². The molecule has 0 amide bonds. The smallest absolute Gasteiger partial charge is 0.0733 e. The Kier molecular flexibility index (Phi) is 1.27. The van der Waals surface area contributed by atoms with Gasteiger partial charge >= 0.3 is 0 Å². The Bertz CT molecular complexity index is 231. The van der Waals surface area contributed by atoms with Crippen LogP contribution in [-0.2, 0) is 0 Å². The third kappa shape index (κ3) is 0.844. The fourth-order valence-electron chi connectivity index (χ4n) is 1.07. The van der Waals surface area contributed by atoms with Gasteiger partial charge in [-0.1, -0.05) is 0 Å². The van der Waals surface area contributed by atoms with Crippen LogP contribution in [0.2, 0.25) is 0 Å². The second kappa shape index (κ2) is 2.12. The molecule has 1 unspecified atom stereocenters. The van der Waals surface area contributed by atoms with Crippen LogP contribution in [0.5, 0.6) is 0 Å². The van der Waals surface area contributed by atoms with Crippen LogP contribution in [-0.4, -0.2) is 22.9 Å². The summed E-state index contributed by atoms with van der Waals surface area (Å²) in [5.74, 6) is 0.363. The average Bonchev–Trinajstić information content (AvgIpc) is 2.27. The molecule has 1 atom stereocenters. The fourth-order valence-corrected chi connectivity index (χ4v) is 1.35. The zero-order valence-corrected chi connectivity index (χ0v) is 6.20. The first kappa shape index (κ1) is 5.97. The number of thiol groups is 1. The lowest BCUT2D eigenvalue weighted by molar-refractivity contribution is 0.544. The summed E-state index contributed by atoms with van der Waals surface area (Å²) in [5, 5.41) is 4.15. The van der Waals surface area contributed by atoms with Gasteiger partial charge in [0.2, 0.25) is 0 Å². The molecule has 0 radical (unpaired) electrons. The molecule has 0 saturated heterocycles. The Hall–Kier alpha value is -0.770. The van der Waals surface area contributed by atoms with Crippen molar-refractivity contribution in [3.63, 3.8) is 0 Å². The quantitative estimate of drug-likeness (QED) is 0.510. The van der Waals surface area contributed by atoms with Crippen LogP contribution in [0.1, 0.15) is 0 Å². The standard InChI is InChI=1S/C6H7N3S/c10-9-4-5-3-7-2-1-6(5)8-9/h1-3,5,10H,4H2. The molecule has 4 heteroatoms. The maximum Gasteiger partial charge on any atom is 0.0733 e. The number of nitrogens with zero attached hydrogens (tertiary/aromatic N) is 3. The van der Waals surface area contributed by atoms with Crippen molar-refractivity contribution < 1.29 is 0 Å². The van der Waals surface area contributed by atoms with Crippen molar-refractivity contribution in [3.05, 3.63) is 12.3 Å². The van der Waals surface area contributed by atoms with Gasteiger partial charge in [-0.3, -0.25) is 4.99 Å². The number of rotatable bonds is 0. The van der Waals surface area contributed by atoms with E-state index in [2.05, 4.69) is 22.9 Å². The highest BCUT2D eigenvalue weighted by atomic mass is 32.1. The minimum absolute atomic E-state index is 0.363. The lowest BCUT2D eigenvalue weighted by atomic mass is 10.1. The van der Waals surface area contributed by atoms with Gasteiger partial charge in [0.15, 0.2) is 0 Å². The Morgan fingerprint density at radius 2 is 2.60 bits per heavy atom. The number of hydrazone groups is 1. The van der Waals surface area contributed by atoms with Gasteiger partial charge in [-0.2, -0.15) is 5.10 Å². The van der Waals surface area contributed by atoms with E-state index in [0.717, 1.165) is 12.3 Å². The Morgan fingerprint density at radius 1 is 1.70 bits per heavy atom. The SMILES string of the molecule is SN1CC2C=NC=CC2=N1. The van der Waals surface area contributed by atoms with Gasteiger partial charge in [0.1, 0.15) is 0 Å². The van der Waals surface area contributed by atoms with Crippen LogP contribution < -0.4 is 0 Å². The monoisotopic (exact) mass is 153 g/mol. The molecule has 0 aromatic rings. The highest BCUT2D eigenvalue weighted by Crippen LogP contribution is 2.16. The summed E-state index contributed by atoms with van der Waals surface area (Å²) in [7, 11) is 0. The van der Waals surface area contributed by atoms with E-state index in [9.17, 15) is 0 Å². The number of hydrogen-bond donors (Lipinski definition) is 1. The van der Waals surface area contributed by atoms with Gasteiger partial charge in [-0.15, -0.1) is 0 Å². The molecule has 2 heterocycles. The van der Waals surface area contributed by atoms with Crippen LogP contribution in [0.4, 0.5) is 0 Å². The lowest BCUT2D eigenvalue weighted by Crippen LogP contribution is -2.16. The van der Waals surface area contributed by atoms with Crippen molar-refractivity contribution in [2.75, 3.05) is 6.54 Å². The molecule has 2 aliphatic rings. The number of allylic oxidation sites excluding steroid dienone is 1. The molecule has 52 valence electrons. The summed E-state index contributed by atoms with van der Waals surface area (Å²) in [6, 6.07) is 0. The van der Waals surface area contributed by atoms with Crippen molar-refractivity contribution in [2.24, 2.45) is 16.0 Å². The summed E-state index contributed by atoms with van der Waals surface area (Å²) in [6.45, 7) is 0.840. The number of fused-ring (bicyclic) bond motifs is 1. The topological polar surface area (TPSA) is 28.0 Å². The van der Waals surface area contributed by atoms with E-state index in [1.807, 2.05) is 12.3 Å². The molecule has 0 fully saturated rings. The summed E-state index contributed by atoms with van der Waals surface area (Å²) in [5.41, 5.74) is 1.06. The number of aliphatic imine (C=N–C) groups is 1. The molecule has 2 aliphatic heterocycles. The molecule has 0 aromatic heterocycles. The second-order valence-corrected chi connectivity index (χ2v) is 2.76. The van der Waals surface area contributed by atoms with E-state index in [4.69, 9.17) is 0 Å². The predicted molar refractivity (Wildman–Crippen MR) is 44.2 cm³/mol. The van der Waals surface area contributed by atoms with Crippen molar-refractivity contribution in [2.45, 2.75) is 0 Å². The van der Waals surface area contributed by atoms with Gasteiger partial charge in [-0.25, -0.2) is 4.41 Å². The maximum atomic E-state index is 4.15. The van der Waals surface area contributed by atoms with Crippen molar-refractivity contribution in [1.29, 1.82) is 0 Å². The van der Waals surface area contributed by atoms with E-state index in [1.165, 1.54) is 0 Å². The lowest BCUT2D eigenvalue weighted by Gasteiger charge is -2.05. The molecule has 0 spiro atoms. The molecule has 0 aromatic carbocycles. The highest BCUT2D eigenvalue weighted by Gasteiger charge is 2.22. The van der Waals surface area contributed by atoms with Gasteiger partial charge in [0.25, 0.3) is 0 Å². The zero-order valence-electron chi connectivity index (χ0n) is 5.31. The molecule has 3 nitrogen and oxygen atoms in total. The third-order valence-corrected chi connectivity index (χ3v) is 1.82. The van der Waals surface area contributed by atoms with Crippen LogP contribution in [0.15, 0.2) is 22.4 Å². The van der Waals surface area contributed by atoms with Gasteiger partial charge in [0.05, 0.1) is 18.2 Å². The average molecular weight is 153 g/mol. The first-order valence-corrected chi connectivity index (χ1v) is 3.51. The summed E-state index contributed by atoms with van der Waals surface area (Å²) in [4.78, 5) is 4.01. The summed E-state index contributed by atoms with van der Waals surface area (Å²) in [6.07, 6.45) is 5.57. The van der Waals surface area contributed by atoms with Crippen molar-refractivity contribution in [3.8, 4) is 0 Å². The first-order chi connectivity index (χ1) is 4.86. The van der Waals surface area contributed by atoms with Crippen LogP contribution in [0, 0.1) is 5.92 Å². The van der Waals surface area contributed by atoms with E-state index in [0.29, 0.717) is 5.92 Å². The van der Waals surface area contributed by atoms with Crippen LogP contribution in [0.25, 0.3) is 0 Å². The molecule has 10 heavy (non-hydrogen) atoms. The molecule has 0 bridgehead atoms. The van der Waals surface area contributed by atoms with Crippen LogP contribution >= 0.6 is 12.8 Å². The third-order valence-electron chi connectivity index (χ3n) is 1.57.